The summed E-state index contributed by atoms with van der Waals surface area (Å²) in [5.74, 6) is 5.62. The molecule has 1 aliphatic rings. The summed E-state index contributed by atoms with van der Waals surface area (Å²) in [5.41, 5.74) is 0. The Morgan fingerprint density at radius 3 is 2.67 bits per heavy atom. The summed E-state index contributed by atoms with van der Waals surface area (Å²) in [6.45, 7) is 0.721. The number of hydrogen-bond acceptors (Lipinski definition) is 2. The fourth-order valence-corrected chi connectivity index (χ4v) is 3.07. The van der Waals surface area contributed by atoms with Gasteiger partial charge in [0, 0.05) is 3.16 Å². The average Bonchev–Trinajstić information content (AvgIpc) is 1.62. The van der Waals surface area contributed by atoms with Crippen LogP contribution in [0.4, 0.5) is 0 Å². The van der Waals surface area contributed by atoms with E-state index in [0.29, 0.717) is 9.08 Å². The largest absolute Gasteiger partial charge is 0.304 e. The van der Waals surface area contributed by atoms with Gasteiger partial charge in [0.25, 0.3) is 0 Å². The van der Waals surface area contributed by atoms with Gasteiger partial charge < -0.3 is 4.84 Å². The van der Waals surface area contributed by atoms with E-state index in [9.17, 15) is 0 Å². The highest BCUT2D eigenvalue weighted by Crippen LogP contribution is 2.49. The molecule has 54 valence electrons. The van der Waals surface area contributed by atoms with Gasteiger partial charge in [-0.2, -0.15) is 0 Å². The third kappa shape index (κ3) is 2.30. The zero-order valence-corrected chi connectivity index (χ0v) is 8.45. The standard InChI is InChI=1S/C5H11INOP/c6-5(9)1-4(2-5)3-8-7/h4H,1-3,7,9H2. The molecule has 1 rings (SSSR count). The molecule has 0 saturated heterocycles. The van der Waals surface area contributed by atoms with Crippen LogP contribution in [0.5, 0.6) is 0 Å². The first kappa shape index (κ1) is 8.18. The number of rotatable bonds is 2. The highest BCUT2D eigenvalue weighted by atomic mass is 127. The number of halogens is 1. The van der Waals surface area contributed by atoms with Gasteiger partial charge in [-0.05, 0) is 18.8 Å². The Balaban J connectivity index is 2.12. The van der Waals surface area contributed by atoms with E-state index in [1.54, 1.807) is 0 Å². The van der Waals surface area contributed by atoms with Crippen LogP contribution in [0.2, 0.25) is 0 Å². The van der Waals surface area contributed by atoms with Gasteiger partial charge in [0.1, 0.15) is 0 Å². The third-order valence-corrected chi connectivity index (χ3v) is 2.94. The molecule has 0 spiro atoms. The molecule has 9 heavy (non-hydrogen) atoms. The van der Waals surface area contributed by atoms with Gasteiger partial charge in [-0.1, -0.05) is 22.6 Å². The normalized spacial score (nSPS) is 42.3. The summed E-state index contributed by atoms with van der Waals surface area (Å²) in [4.78, 5) is 4.53. The molecule has 2 nitrogen and oxygen atoms in total. The highest BCUT2D eigenvalue weighted by Gasteiger charge is 2.37. The molecule has 0 aromatic rings. The molecule has 0 radical (unpaired) electrons. The Morgan fingerprint density at radius 2 is 2.33 bits per heavy atom. The predicted octanol–water partition coefficient (Wildman–Crippen LogP) is 1.29. The lowest BCUT2D eigenvalue weighted by molar-refractivity contribution is 0.0714. The molecule has 0 bridgehead atoms. The molecule has 1 atom stereocenters. The smallest absolute Gasteiger partial charge is 0.0708 e. The van der Waals surface area contributed by atoms with Crippen molar-refractivity contribution in [3.8, 4) is 0 Å². The maximum atomic E-state index is 4.92. The summed E-state index contributed by atoms with van der Waals surface area (Å²) in [5, 5.41) is 0. The van der Waals surface area contributed by atoms with E-state index in [4.69, 9.17) is 5.90 Å². The average molecular weight is 259 g/mol. The molecule has 0 aliphatic heterocycles. The second-order valence-electron chi connectivity index (χ2n) is 2.64. The lowest BCUT2D eigenvalue weighted by Gasteiger charge is -2.39. The van der Waals surface area contributed by atoms with E-state index < -0.39 is 0 Å². The van der Waals surface area contributed by atoms with Gasteiger partial charge in [0.15, 0.2) is 0 Å². The first-order chi connectivity index (χ1) is 4.14. The quantitative estimate of drug-likeness (QED) is 0.351. The second-order valence-corrected chi connectivity index (χ2v) is 7.07. The van der Waals surface area contributed by atoms with Crippen LogP contribution in [-0.2, 0) is 4.84 Å². The molecule has 0 aromatic heterocycles. The van der Waals surface area contributed by atoms with Crippen LogP contribution >= 0.6 is 31.8 Å². The van der Waals surface area contributed by atoms with Gasteiger partial charge in [-0.15, -0.1) is 9.24 Å². The topological polar surface area (TPSA) is 35.2 Å². The minimum atomic E-state index is 0.445. The summed E-state index contributed by atoms with van der Waals surface area (Å²) in [6, 6.07) is 0. The van der Waals surface area contributed by atoms with Crippen LogP contribution in [0.3, 0.4) is 0 Å². The van der Waals surface area contributed by atoms with Crippen molar-refractivity contribution in [2.75, 3.05) is 6.61 Å². The lowest BCUT2D eigenvalue weighted by Crippen LogP contribution is -2.35. The van der Waals surface area contributed by atoms with Crippen molar-refractivity contribution in [3.63, 3.8) is 0 Å². The lowest BCUT2D eigenvalue weighted by atomic mass is 9.85. The number of nitrogens with two attached hydrogens (primary N) is 1. The van der Waals surface area contributed by atoms with E-state index in [2.05, 4.69) is 36.7 Å². The number of hydrogen-bond donors (Lipinski definition) is 1. The zero-order valence-electron chi connectivity index (χ0n) is 5.14. The Bertz CT molecular complexity index is 101. The van der Waals surface area contributed by atoms with Crippen molar-refractivity contribution in [1.29, 1.82) is 0 Å². The molecule has 0 amide bonds. The third-order valence-electron chi connectivity index (χ3n) is 1.59. The molecule has 0 heterocycles. The molecule has 2 N–H and O–H groups in total. The summed E-state index contributed by atoms with van der Waals surface area (Å²) >= 11 is 2.45. The zero-order chi connectivity index (χ0) is 6.91. The van der Waals surface area contributed by atoms with Gasteiger partial charge in [0.05, 0.1) is 6.61 Å². The van der Waals surface area contributed by atoms with Gasteiger partial charge in [0.2, 0.25) is 0 Å². The van der Waals surface area contributed by atoms with Crippen molar-refractivity contribution in [2.24, 2.45) is 11.8 Å². The van der Waals surface area contributed by atoms with Crippen molar-refractivity contribution < 1.29 is 4.84 Å². The minimum absolute atomic E-state index is 0.445. The molecule has 1 unspecified atom stereocenters. The van der Waals surface area contributed by atoms with E-state index in [1.165, 1.54) is 12.8 Å². The van der Waals surface area contributed by atoms with E-state index in [1.807, 2.05) is 0 Å². The Kier molecular flexibility index (Phi) is 2.72. The molecule has 1 fully saturated rings. The van der Waals surface area contributed by atoms with Crippen molar-refractivity contribution in [3.05, 3.63) is 0 Å². The Labute approximate surface area is 71.2 Å². The van der Waals surface area contributed by atoms with Gasteiger partial charge in [-0.3, -0.25) is 0 Å². The fraction of sp³-hybridized carbons (Fsp3) is 1.00. The summed E-state index contributed by atoms with van der Waals surface area (Å²) in [7, 11) is 2.84. The van der Waals surface area contributed by atoms with Crippen LogP contribution < -0.4 is 5.90 Å². The van der Waals surface area contributed by atoms with Crippen molar-refractivity contribution >= 4 is 31.8 Å². The van der Waals surface area contributed by atoms with Gasteiger partial charge >= 0.3 is 0 Å². The first-order valence-electron chi connectivity index (χ1n) is 2.93. The maximum Gasteiger partial charge on any atom is 0.0708 e. The minimum Gasteiger partial charge on any atom is -0.304 e. The molecule has 4 heteroatoms. The second kappa shape index (κ2) is 2.99. The molecule has 1 saturated carbocycles. The Morgan fingerprint density at radius 1 is 1.78 bits per heavy atom. The van der Waals surface area contributed by atoms with Crippen molar-refractivity contribution in [2.45, 2.75) is 16.0 Å². The van der Waals surface area contributed by atoms with Crippen LogP contribution in [-0.4, -0.2) is 9.77 Å². The summed E-state index contributed by atoms with van der Waals surface area (Å²) < 4.78 is 0.445. The van der Waals surface area contributed by atoms with Crippen LogP contribution in [0.1, 0.15) is 12.8 Å². The van der Waals surface area contributed by atoms with Gasteiger partial charge in [-0.25, -0.2) is 5.90 Å². The van der Waals surface area contributed by atoms with Crippen LogP contribution in [0, 0.1) is 5.92 Å². The van der Waals surface area contributed by atoms with Crippen molar-refractivity contribution in [1.82, 2.24) is 0 Å². The molecular formula is C5H11INOP. The molecular weight excluding hydrogens is 248 g/mol. The monoisotopic (exact) mass is 259 g/mol. The van der Waals surface area contributed by atoms with E-state index >= 15 is 0 Å². The van der Waals surface area contributed by atoms with Crippen LogP contribution in [0.25, 0.3) is 0 Å². The summed E-state index contributed by atoms with van der Waals surface area (Å²) in [6.07, 6.45) is 2.44. The fourth-order valence-electron chi connectivity index (χ4n) is 1.15. The predicted molar refractivity (Wildman–Crippen MR) is 49.3 cm³/mol. The molecule has 1 aliphatic carbocycles. The molecule has 0 aromatic carbocycles. The SMILES string of the molecule is NOCC1CC(P)(I)C1. The Hall–Kier alpha value is 1.08. The number of alkyl halides is 1. The van der Waals surface area contributed by atoms with Crippen LogP contribution in [0.15, 0.2) is 0 Å². The maximum absolute atomic E-state index is 4.92. The highest BCUT2D eigenvalue weighted by molar-refractivity contribution is 14.1. The first-order valence-corrected chi connectivity index (χ1v) is 4.59. The van der Waals surface area contributed by atoms with E-state index in [-0.39, 0.29) is 0 Å². The van der Waals surface area contributed by atoms with E-state index in [0.717, 1.165) is 6.61 Å².